The molecule has 9 heteroatoms. The van der Waals surface area contributed by atoms with Crippen molar-refractivity contribution in [2.75, 3.05) is 32.9 Å². The molecule has 0 atom stereocenters. The van der Waals surface area contributed by atoms with Crippen LogP contribution in [0.25, 0.3) is 28.0 Å². The molecule has 5 rings (SSSR count). The second kappa shape index (κ2) is 8.90. The van der Waals surface area contributed by atoms with E-state index in [1.54, 1.807) is 65.3 Å². The molecule has 0 radical (unpaired) electrons. The van der Waals surface area contributed by atoms with Crippen LogP contribution < -0.4 is 0 Å². The lowest BCUT2D eigenvalue weighted by atomic mass is 10.1. The van der Waals surface area contributed by atoms with Gasteiger partial charge in [0.25, 0.3) is 5.91 Å². The molecule has 4 aromatic rings. The maximum atomic E-state index is 14.2. The smallest absolute Gasteiger partial charge is 0.254 e. The van der Waals surface area contributed by atoms with E-state index >= 15 is 0 Å². The second-order valence-electron chi connectivity index (χ2n) is 8.09. The van der Waals surface area contributed by atoms with Crippen molar-refractivity contribution in [3.63, 3.8) is 0 Å². The van der Waals surface area contributed by atoms with Gasteiger partial charge in [0.05, 0.1) is 5.52 Å². The second-order valence-corrected chi connectivity index (χ2v) is 8.94. The fourth-order valence-electron chi connectivity index (χ4n) is 4.05. The number of carbonyl (C=O) groups is 2. The van der Waals surface area contributed by atoms with Crippen molar-refractivity contribution in [1.82, 2.24) is 24.3 Å². The summed E-state index contributed by atoms with van der Waals surface area (Å²) in [6.45, 7) is 1.09. The molecule has 2 amide bonds. The molecule has 7 nitrogen and oxygen atoms in total. The Bertz CT molecular complexity index is 1400. The van der Waals surface area contributed by atoms with Crippen LogP contribution in [0.3, 0.4) is 0 Å². The third kappa shape index (κ3) is 3.92. The number of fused-ring (bicyclic) bond motifs is 1. The highest BCUT2D eigenvalue weighted by molar-refractivity contribution is 7.98. The summed E-state index contributed by atoms with van der Waals surface area (Å²) in [5.41, 5.74) is 2.30. The van der Waals surface area contributed by atoms with Crippen molar-refractivity contribution in [3.8, 4) is 17.1 Å². The van der Waals surface area contributed by atoms with Crippen molar-refractivity contribution in [1.29, 1.82) is 0 Å². The Kier molecular flexibility index (Phi) is 5.79. The quantitative estimate of drug-likeness (QED) is 0.419. The molecular weight excluding hydrogens is 453 g/mol. The molecule has 0 unspecified atom stereocenters. The third-order valence-electron chi connectivity index (χ3n) is 6.02. The Hall–Kier alpha value is -3.72. The lowest BCUT2D eigenvalue weighted by Gasteiger charge is -2.32. The van der Waals surface area contributed by atoms with Crippen LogP contribution >= 0.6 is 11.8 Å². The van der Waals surface area contributed by atoms with Crippen molar-refractivity contribution in [2.24, 2.45) is 0 Å². The number of hydrogen-bond acceptors (Lipinski definition) is 5. The lowest BCUT2D eigenvalue weighted by molar-refractivity contribution is -0.133. The Morgan fingerprint density at radius 2 is 1.85 bits per heavy atom. The Morgan fingerprint density at radius 3 is 2.56 bits per heavy atom. The third-order valence-corrected chi connectivity index (χ3v) is 6.78. The average Bonchev–Trinajstić information content (AvgIpc) is 3.24. The summed E-state index contributed by atoms with van der Waals surface area (Å²) in [5, 5.41) is 0.972. The Labute approximate surface area is 200 Å². The zero-order chi connectivity index (χ0) is 23.8. The van der Waals surface area contributed by atoms with E-state index in [0.29, 0.717) is 35.7 Å². The van der Waals surface area contributed by atoms with Crippen LogP contribution in [0.2, 0.25) is 0 Å². The van der Waals surface area contributed by atoms with E-state index in [2.05, 4.69) is 9.97 Å². The van der Waals surface area contributed by atoms with Crippen LogP contribution in [0.15, 0.2) is 66.0 Å². The molecule has 2 aromatic carbocycles. The van der Waals surface area contributed by atoms with Gasteiger partial charge in [-0.15, -0.1) is 11.8 Å². The topological polar surface area (TPSA) is 71.3 Å². The van der Waals surface area contributed by atoms with Crippen LogP contribution in [0.1, 0.15) is 10.4 Å². The molecule has 0 saturated carbocycles. The number of likely N-dealkylation sites (N-methyl/N-ethyl adjacent to an activating group) is 1. The molecule has 1 saturated heterocycles. The monoisotopic (exact) mass is 475 g/mol. The van der Waals surface area contributed by atoms with E-state index in [1.807, 2.05) is 29.2 Å². The molecule has 1 aliphatic heterocycles. The number of carbonyl (C=O) groups excluding carboxylic acids is 2. The fourth-order valence-corrected chi connectivity index (χ4v) is 4.65. The SMILES string of the molecule is CSc1cn(-c2ncc(-c3ccccc3F)cn2)c2cc(C(=O)N3CCN(C)C(=O)C3)ccc12. The van der Waals surface area contributed by atoms with Crippen LogP contribution in [0.5, 0.6) is 0 Å². The summed E-state index contributed by atoms with van der Waals surface area (Å²) in [4.78, 5) is 38.4. The van der Waals surface area contributed by atoms with Crippen molar-refractivity contribution in [3.05, 3.63) is 72.4 Å². The minimum Gasteiger partial charge on any atom is -0.342 e. The minimum absolute atomic E-state index is 0.0722. The number of aromatic nitrogens is 3. The maximum absolute atomic E-state index is 14.2. The molecule has 0 spiro atoms. The summed E-state index contributed by atoms with van der Waals surface area (Å²) in [5.74, 6) is -0.167. The molecule has 0 N–H and O–H groups in total. The van der Waals surface area contributed by atoms with Crippen molar-refractivity contribution >= 4 is 34.5 Å². The highest BCUT2D eigenvalue weighted by atomic mass is 32.2. The maximum Gasteiger partial charge on any atom is 0.254 e. The first-order valence-corrected chi connectivity index (χ1v) is 12.0. The predicted octanol–water partition coefficient (Wildman–Crippen LogP) is 3.86. The number of nitrogens with zero attached hydrogens (tertiary/aromatic N) is 5. The highest BCUT2D eigenvalue weighted by Gasteiger charge is 2.26. The van der Waals surface area contributed by atoms with E-state index in [0.717, 1.165) is 15.8 Å². The molecule has 1 aliphatic rings. The molecule has 0 bridgehead atoms. The number of piperazine rings is 1. The molecule has 2 aromatic heterocycles. The van der Waals surface area contributed by atoms with E-state index in [4.69, 9.17) is 0 Å². The van der Waals surface area contributed by atoms with Gasteiger partial charge < -0.3 is 9.80 Å². The van der Waals surface area contributed by atoms with Gasteiger partial charge >= 0.3 is 0 Å². The normalized spacial score (nSPS) is 14.1. The van der Waals surface area contributed by atoms with Gasteiger partial charge in [-0.25, -0.2) is 14.4 Å². The molecule has 3 heterocycles. The first kappa shape index (κ1) is 22.1. The van der Waals surface area contributed by atoms with Gasteiger partial charge in [0.15, 0.2) is 0 Å². The zero-order valence-electron chi connectivity index (χ0n) is 18.7. The summed E-state index contributed by atoms with van der Waals surface area (Å²) in [6.07, 6.45) is 7.10. The first-order valence-electron chi connectivity index (χ1n) is 10.8. The number of rotatable bonds is 4. The highest BCUT2D eigenvalue weighted by Crippen LogP contribution is 2.31. The predicted molar refractivity (Wildman–Crippen MR) is 130 cm³/mol. The summed E-state index contributed by atoms with van der Waals surface area (Å²) in [6, 6.07) is 12.0. The number of benzene rings is 2. The van der Waals surface area contributed by atoms with Gasteiger partial charge in [0, 0.05) is 65.7 Å². The molecular formula is C25H22FN5O2S. The van der Waals surface area contributed by atoms with Gasteiger partial charge in [0.1, 0.15) is 12.4 Å². The average molecular weight is 476 g/mol. The number of halogens is 1. The summed E-state index contributed by atoms with van der Waals surface area (Å²) in [7, 11) is 1.74. The van der Waals surface area contributed by atoms with Crippen molar-refractivity contribution < 1.29 is 14.0 Å². The molecule has 172 valence electrons. The van der Waals surface area contributed by atoms with Gasteiger partial charge in [-0.3, -0.25) is 14.2 Å². The number of thioether (sulfide) groups is 1. The first-order chi connectivity index (χ1) is 16.5. The fraction of sp³-hybridized carbons (Fsp3) is 0.200. The van der Waals surface area contributed by atoms with Crippen LogP contribution in [-0.4, -0.2) is 69.1 Å². The molecule has 0 aliphatic carbocycles. The Morgan fingerprint density at radius 1 is 1.09 bits per heavy atom. The van der Waals surface area contributed by atoms with Gasteiger partial charge in [-0.05, 0) is 24.5 Å². The van der Waals surface area contributed by atoms with E-state index in [1.165, 1.54) is 6.07 Å². The van der Waals surface area contributed by atoms with E-state index in [9.17, 15) is 14.0 Å². The van der Waals surface area contributed by atoms with Gasteiger partial charge in [0.2, 0.25) is 11.9 Å². The standard InChI is InChI=1S/C25H22FN5O2S/c1-29-9-10-30(15-23(29)32)24(33)16-7-8-19-21(11-16)31(14-22(19)34-2)25-27-12-17(13-28-25)18-5-3-4-6-20(18)26/h3-8,11-14H,9-10,15H2,1-2H3. The summed E-state index contributed by atoms with van der Waals surface area (Å²) >= 11 is 1.59. The van der Waals surface area contributed by atoms with Gasteiger partial charge in [-0.1, -0.05) is 24.3 Å². The Balaban J connectivity index is 1.52. The molecule has 34 heavy (non-hydrogen) atoms. The van der Waals surface area contributed by atoms with Gasteiger partial charge in [-0.2, -0.15) is 0 Å². The van der Waals surface area contributed by atoms with E-state index < -0.39 is 0 Å². The minimum atomic E-state index is -0.333. The summed E-state index contributed by atoms with van der Waals surface area (Å²) < 4.78 is 16.0. The van der Waals surface area contributed by atoms with Crippen LogP contribution in [-0.2, 0) is 4.79 Å². The lowest BCUT2D eigenvalue weighted by Crippen LogP contribution is -2.50. The van der Waals surface area contributed by atoms with Crippen LogP contribution in [0.4, 0.5) is 4.39 Å². The number of hydrogen-bond donors (Lipinski definition) is 0. The van der Waals surface area contributed by atoms with Crippen LogP contribution in [0, 0.1) is 5.82 Å². The number of amides is 2. The zero-order valence-corrected chi connectivity index (χ0v) is 19.6. The molecule has 1 fully saturated rings. The van der Waals surface area contributed by atoms with E-state index in [-0.39, 0.29) is 24.2 Å². The largest absolute Gasteiger partial charge is 0.342 e. The van der Waals surface area contributed by atoms with Crippen molar-refractivity contribution in [2.45, 2.75) is 4.90 Å².